The first kappa shape index (κ1) is 14.8. The first-order valence-corrected chi connectivity index (χ1v) is 8.67. The average Bonchev–Trinajstić information content (AvgIpc) is 2.72. The van der Waals surface area contributed by atoms with Gasteiger partial charge in [-0.25, -0.2) is 13.4 Å². The number of halogens is 1. The van der Waals surface area contributed by atoms with Crippen LogP contribution >= 0.6 is 11.6 Å². The third-order valence-electron chi connectivity index (χ3n) is 2.96. The Morgan fingerprint density at radius 2 is 2.20 bits per heavy atom. The van der Waals surface area contributed by atoms with Crippen molar-refractivity contribution in [2.45, 2.75) is 13.0 Å². The van der Waals surface area contributed by atoms with Gasteiger partial charge in [-0.05, 0) is 18.2 Å². The molecule has 0 N–H and O–H groups in total. The number of rotatable bonds is 5. The third-order valence-corrected chi connectivity index (χ3v) is 4.07. The summed E-state index contributed by atoms with van der Waals surface area (Å²) in [4.78, 5) is 4.45. The van der Waals surface area contributed by atoms with Crippen LogP contribution in [-0.2, 0) is 22.8 Å². The number of hydrogen-bond acceptors (Lipinski definition) is 4. The first-order valence-electron chi connectivity index (χ1n) is 6.07. The molecule has 2 rings (SSSR count). The van der Waals surface area contributed by atoms with Gasteiger partial charge in [-0.3, -0.25) is 0 Å². The predicted molar refractivity (Wildman–Crippen MR) is 78.6 cm³/mol. The van der Waals surface area contributed by atoms with Crippen LogP contribution in [0.5, 0.6) is 0 Å². The van der Waals surface area contributed by atoms with Crippen molar-refractivity contribution in [1.82, 2.24) is 9.55 Å². The summed E-state index contributed by atoms with van der Waals surface area (Å²) in [6.45, 7) is 0.316. The highest BCUT2D eigenvalue weighted by molar-refractivity contribution is 7.90. The van der Waals surface area contributed by atoms with E-state index in [1.54, 1.807) is 18.2 Å². The van der Waals surface area contributed by atoms with Crippen LogP contribution in [0.25, 0.3) is 11.0 Å². The minimum atomic E-state index is -3.06. The van der Waals surface area contributed by atoms with E-state index in [4.69, 9.17) is 16.9 Å². The summed E-state index contributed by atoms with van der Waals surface area (Å²) < 4.78 is 24.5. The standard InChI is InChI=1S/C13H14ClN3O2S/c1-20(18,19)7-6-17-12-8-10(9-15)2-3-11(12)16-13(17)4-5-14/h2-3,8H,4-7H2,1H3. The monoisotopic (exact) mass is 311 g/mol. The van der Waals surface area contributed by atoms with Crippen molar-refractivity contribution in [2.75, 3.05) is 17.9 Å². The normalized spacial score (nSPS) is 11.7. The number of alkyl halides is 1. The zero-order chi connectivity index (χ0) is 14.8. The molecule has 0 bridgehead atoms. The lowest BCUT2D eigenvalue weighted by molar-refractivity contribution is 0.594. The van der Waals surface area contributed by atoms with Crippen molar-refractivity contribution in [3.05, 3.63) is 29.6 Å². The molecule has 0 atom stereocenters. The molecule has 0 aliphatic heterocycles. The zero-order valence-corrected chi connectivity index (χ0v) is 12.6. The van der Waals surface area contributed by atoms with Gasteiger partial charge in [0.2, 0.25) is 0 Å². The Kier molecular flexibility index (Phi) is 4.31. The summed E-state index contributed by atoms with van der Waals surface area (Å²) >= 11 is 5.76. The molecule has 20 heavy (non-hydrogen) atoms. The summed E-state index contributed by atoms with van der Waals surface area (Å²) in [5.41, 5.74) is 2.04. The highest BCUT2D eigenvalue weighted by Gasteiger charge is 2.13. The number of nitrogens with zero attached hydrogens (tertiary/aromatic N) is 3. The third kappa shape index (κ3) is 3.30. The Bertz CT molecular complexity index is 775. The number of imidazole rings is 1. The second-order valence-electron chi connectivity index (χ2n) is 4.56. The zero-order valence-electron chi connectivity index (χ0n) is 11.0. The quantitative estimate of drug-likeness (QED) is 0.788. The average molecular weight is 312 g/mol. The number of benzene rings is 1. The van der Waals surface area contributed by atoms with Crippen LogP contribution in [0.2, 0.25) is 0 Å². The van der Waals surface area contributed by atoms with Crippen LogP contribution in [0, 0.1) is 11.3 Å². The van der Waals surface area contributed by atoms with E-state index >= 15 is 0 Å². The van der Waals surface area contributed by atoms with Crippen molar-refractivity contribution >= 4 is 32.5 Å². The molecule has 0 saturated carbocycles. The van der Waals surface area contributed by atoms with Crippen LogP contribution in [0.1, 0.15) is 11.4 Å². The molecule has 0 aliphatic carbocycles. The summed E-state index contributed by atoms with van der Waals surface area (Å²) in [7, 11) is -3.06. The van der Waals surface area contributed by atoms with Gasteiger partial charge in [0.05, 0.1) is 28.4 Å². The number of nitriles is 1. The molecule has 0 fully saturated rings. The van der Waals surface area contributed by atoms with Gasteiger partial charge < -0.3 is 4.57 Å². The van der Waals surface area contributed by atoms with Gasteiger partial charge >= 0.3 is 0 Å². The summed E-state index contributed by atoms with van der Waals surface area (Å²) in [6.07, 6.45) is 1.76. The molecule has 0 saturated heterocycles. The van der Waals surface area contributed by atoms with E-state index in [0.717, 1.165) is 16.9 Å². The molecule has 5 nitrogen and oxygen atoms in total. The molecular weight excluding hydrogens is 298 g/mol. The minimum Gasteiger partial charge on any atom is -0.327 e. The number of hydrogen-bond donors (Lipinski definition) is 0. The number of aromatic nitrogens is 2. The van der Waals surface area contributed by atoms with Crippen molar-refractivity contribution in [3.63, 3.8) is 0 Å². The van der Waals surface area contributed by atoms with E-state index in [9.17, 15) is 8.42 Å². The minimum absolute atomic E-state index is 0.0323. The van der Waals surface area contributed by atoms with Crippen molar-refractivity contribution < 1.29 is 8.42 Å². The maximum atomic E-state index is 11.3. The SMILES string of the molecule is CS(=O)(=O)CCn1c(CCCl)nc2ccc(C#N)cc21. The molecule has 0 aliphatic rings. The van der Waals surface area contributed by atoms with Crippen LogP contribution in [-0.4, -0.2) is 35.9 Å². The van der Waals surface area contributed by atoms with Crippen LogP contribution < -0.4 is 0 Å². The van der Waals surface area contributed by atoms with Crippen molar-refractivity contribution in [2.24, 2.45) is 0 Å². The van der Waals surface area contributed by atoms with Crippen LogP contribution in [0.3, 0.4) is 0 Å². The van der Waals surface area contributed by atoms with Crippen molar-refractivity contribution in [1.29, 1.82) is 5.26 Å². The Balaban J connectivity index is 2.51. The van der Waals surface area contributed by atoms with Gasteiger partial charge in [-0.15, -0.1) is 11.6 Å². The molecule has 0 spiro atoms. The lowest BCUT2D eigenvalue weighted by Gasteiger charge is -2.07. The van der Waals surface area contributed by atoms with E-state index in [1.807, 2.05) is 4.57 Å². The molecule has 1 aromatic carbocycles. The fourth-order valence-corrected chi connectivity index (χ4v) is 2.71. The van der Waals surface area contributed by atoms with Gasteiger partial charge in [0, 0.05) is 25.1 Å². The van der Waals surface area contributed by atoms with Crippen molar-refractivity contribution in [3.8, 4) is 6.07 Å². The maximum Gasteiger partial charge on any atom is 0.149 e. The Morgan fingerprint density at radius 3 is 2.80 bits per heavy atom. The summed E-state index contributed by atoms with van der Waals surface area (Å²) in [6, 6.07) is 7.26. The van der Waals surface area contributed by atoms with E-state index in [2.05, 4.69) is 11.1 Å². The second kappa shape index (κ2) is 5.81. The smallest absolute Gasteiger partial charge is 0.149 e. The molecule has 0 unspecified atom stereocenters. The lowest BCUT2D eigenvalue weighted by Crippen LogP contribution is -2.13. The fraction of sp³-hybridized carbons (Fsp3) is 0.385. The van der Waals surface area contributed by atoms with Gasteiger partial charge in [0.1, 0.15) is 15.7 Å². The van der Waals surface area contributed by atoms with E-state index in [-0.39, 0.29) is 5.75 Å². The van der Waals surface area contributed by atoms with E-state index in [0.29, 0.717) is 24.4 Å². The van der Waals surface area contributed by atoms with Gasteiger partial charge in [-0.2, -0.15) is 5.26 Å². The Labute approximate surface area is 122 Å². The summed E-state index contributed by atoms with van der Waals surface area (Å²) in [5, 5.41) is 8.96. The summed E-state index contributed by atoms with van der Waals surface area (Å²) in [5.74, 6) is 1.19. The number of fused-ring (bicyclic) bond motifs is 1. The number of aryl methyl sites for hydroxylation is 2. The van der Waals surface area contributed by atoms with Gasteiger partial charge in [0.15, 0.2) is 0 Å². The molecule has 0 amide bonds. The van der Waals surface area contributed by atoms with Gasteiger partial charge in [-0.1, -0.05) is 0 Å². The molecule has 106 valence electrons. The largest absolute Gasteiger partial charge is 0.327 e. The molecule has 0 radical (unpaired) electrons. The molecular formula is C13H14ClN3O2S. The van der Waals surface area contributed by atoms with E-state index in [1.165, 1.54) is 6.26 Å². The predicted octanol–water partition coefficient (Wildman–Crippen LogP) is 1.73. The number of sulfone groups is 1. The topological polar surface area (TPSA) is 75.8 Å². The molecule has 7 heteroatoms. The van der Waals surface area contributed by atoms with E-state index < -0.39 is 9.84 Å². The van der Waals surface area contributed by atoms with Crippen LogP contribution in [0.15, 0.2) is 18.2 Å². The second-order valence-corrected chi connectivity index (χ2v) is 7.20. The highest BCUT2D eigenvalue weighted by atomic mass is 35.5. The highest BCUT2D eigenvalue weighted by Crippen LogP contribution is 2.19. The lowest BCUT2D eigenvalue weighted by atomic mass is 10.2. The molecule has 1 aromatic heterocycles. The fourth-order valence-electron chi connectivity index (χ4n) is 2.02. The molecule has 2 aromatic rings. The Hall–Kier alpha value is -1.58. The van der Waals surface area contributed by atoms with Crippen LogP contribution in [0.4, 0.5) is 0 Å². The Morgan fingerprint density at radius 1 is 1.45 bits per heavy atom. The van der Waals surface area contributed by atoms with Gasteiger partial charge in [0.25, 0.3) is 0 Å². The maximum absolute atomic E-state index is 11.3. The molecule has 1 heterocycles. The first-order chi connectivity index (χ1) is 9.44.